The number of benzene rings is 1. The first-order valence-corrected chi connectivity index (χ1v) is 18.4. The monoisotopic (exact) mass is 584 g/mol. The van der Waals surface area contributed by atoms with Crippen molar-refractivity contribution in [2.24, 2.45) is 0 Å². The lowest BCUT2D eigenvalue weighted by Gasteiger charge is -2.36. The van der Waals surface area contributed by atoms with Gasteiger partial charge in [0.05, 0.1) is 72.7 Å². The predicted octanol–water partition coefficient (Wildman–Crippen LogP) is 7.07. The molecule has 40 heavy (non-hydrogen) atoms. The van der Waals surface area contributed by atoms with Crippen LogP contribution < -0.4 is 4.74 Å². The third-order valence-corrected chi connectivity index (χ3v) is 11.8. The van der Waals surface area contributed by atoms with Gasteiger partial charge < -0.3 is 32.8 Å². The van der Waals surface area contributed by atoms with E-state index < -0.39 is 8.32 Å². The number of ether oxygens (including phenoxy) is 6. The van der Waals surface area contributed by atoms with Gasteiger partial charge in [-0.3, -0.25) is 0 Å². The van der Waals surface area contributed by atoms with Crippen LogP contribution in [0.1, 0.15) is 71.8 Å². The van der Waals surface area contributed by atoms with Crippen molar-refractivity contribution in [3.63, 3.8) is 0 Å². The summed E-state index contributed by atoms with van der Waals surface area (Å²) >= 11 is 0. The molecule has 0 aliphatic rings. The van der Waals surface area contributed by atoms with Crippen molar-refractivity contribution in [3.8, 4) is 5.75 Å². The summed E-state index contributed by atoms with van der Waals surface area (Å²) in [6.07, 6.45) is 9.14. The zero-order valence-corrected chi connectivity index (χ0v) is 27.6. The van der Waals surface area contributed by atoms with E-state index >= 15 is 0 Å². The molecule has 234 valence electrons. The summed E-state index contributed by atoms with van der Waals surface area (Å²) in [7, 11) is -1.69. The van der Waals surface area contributed by atoms with Crippen LogP contribution in [0, 0.1) is 0 Å². The van der Waals surface area contributed by atoms with Crippen LogP contribution in [0.5, 0.6) is 5.75 Å². The Balaban J connectivity index is 1.81. The van der Waals surface area contributed by atoms with Crippen LogP contribution in [0.15, 0.2) is 24.3 Å². The molecule has 0 heterocycles. The molecule has 7 nitrogen and oxygen atoms in total. The molecule has 1 aromatic carbocycles. The summed E-state index contributed by atoms with van der Waals surface area (Å²) < 4.78 is 39.6. The lowest BCUT2D eigenvalue weighted by atomic mass is 10.0. The molecule has 0 bridgehead atoms. The van der Waals surface area contributed by atoms with Gasteiger partial charge in [0, 0.05) is 0 Å². The minimum Gasteiger partial charge on any atom is -0.491 e. The molecule has 8 heteroatoms. The Bertz CT molecular complexity index is 691. The molecule has 1 rings (SSSR count). The first-order chi connectivity index (χ1) is 19.3. The fourth-order valence-electron chi connectivity index (χ4n) is 3.63. The maximum Gasteiger partial charge on any atom is 0.192 e. The highest BCUT2D eigenvalue weighted by atomic mass is 28.4. The lowest BCUT2D eigenvalue weighted by Crippen LogP contribution is -2.41. The molecule has 1 aromatic rings. The van der Waals surface area contributed by atoms with Crippen molar-refractivity contribution in [1.29, 1.82) is 0 Å². The molecule has 0 spiro atoms. The molecule has 0 aromatic heterocycles. The van der Waals surface area contributed by atoms with Gasteiger partial charge in [0.25, 0.3) is 0 Å². The summed E-state index contributed by atoms with van der Waals surface area (Å²) in [6, 6.07) is 8.46. The quantitative estimate of drug-likeness (QED) is 0.0809. The van der Waals surface area contributed by atoms with E-state index in [2.05, 4.69) is 65.1 Å². The largest absolute Gasteiger partial charge is 0.491 e. The molecule has 0 fully saturated rings. The van der Waals surface area contributed by atoms with Gasteiger partial charge in [-0.1, -0.05) is 71.9 Å². The Morgan fingerprint density at radius 2 is 0.975 bits per heavy atom. The van der Waals surface area contributed by atoms with Gasteiger partial charge >= 0.3 is 0 Å². The summed E-state index contributed by atoms with van der Waals surface area (Å²) in [5, 5.41) is 0.227. The van der Waals surface area contributed by atoms with E-state index in [9.17, 15) is 0 Å². The molecular formula is C32H60O7Si. The van der Waals surface area contributed by atoms with Gasteiger partial charge in [0.2, 0.25) is 0 Å². The predicted molar refractivity (Wildman–Crippen MR) is 166 cm³/mol. The van der Waals surface area contributed by atoms with Gasteiger partial charge in [-0.05, 0) is 48.7 Å². The van der Waals surface area contributed by atoms with Crippen molar-refractivity contribution in [2.75, 3.05) is 79.3 Å². The highest BCUT2D eigenvalue weighted by molar-refractivity contribution is 6.74. The maximum atomic E-state index is 6.08. The van der Waals surface area contributed by atoms with Crippen LogP contribution in [0.3, 0.4) is 0 Å². The number of unbranched alkanes of at least 4 members (excludes halogenated alkanes) is 5. The minimum absolute atomic E-state index is 0.227. The van der Waals surface area contributed by atoms with Crippen LogP contribution in [-0.4, -0.2) is 87.6 Å². The number of hydrogen-bond acceptors (Lipinski definition) is 7. The SMILES string of the molecule is CCCCCCCCc1ccc(OCCOCCOCCOCCOCCOCCO[Si](C)(C)C(C)(C)C)cc1. The van der Waals surface area contributed by atoms with Crippen LogP contribution in [-0.2, 0) is 34.5 Å². The molecule has 0 saturated heterocycles. The fraction of sp³-hybridized carbons (Fsp3) is 0.812. The zero-order chi connectivity index (χ0) is 29.4. The molecule has 0 amide bonds. The fourth-order valence-corrected chi connectivity index (χ4v) is 4.66. The van der Waals surface area contributed by atoms with E-state index in [1.54, 1.807) is 0 Å². The van der Waals surface area contributed by atoms with E-state index in [0.29, 0.717) is 79.3 Å². The second-order valence-electron chi connectivity index (χ2n) is 11.7. The summed E-state index contributed by atoms with van der Waals surface area (Å²) in [6.45, 7) is 20.2. The van der Waals surface area contributed by atoms with Crippen LogP contribution in [0.4, 0.5) is 0 Å². The molecule has 0 atom stereocenters. The Hall–Kier alpha value is -1.00. The van der Waals surface area contributed by atoms with E-state index in [0.717, 1.165) is 12.2 Å². The normalized spacial score (nSPS) is 12.2. The Morgan fingerprint density at radius 3 is 1.45 bits per heavy atom. The molecular weight excluding hydrogens is 524 g/mol. The van der Waals surface area contributed by atoms with Gasteiger partial charge in [-0.2, -0.15) is 0 Å². The number of hydrogen-bond donors (Lipinski definition) is 0. The van der Waals surface area contributed by atoms with Crippen LogP contribution >= 0.6 is 0 Å². The third kappa shape index (κ3) is 20.0. The average Bonchev–Trinajstić information content (AvgIpc) is 2.92. The average molecular weight is 585 g/mol. The molecule has 0 N–H and O–H groups in total. The second-order valence-corrected chi connectivity index (χ2v) is 16.5. The molecule has 0 radical (unpaired) electrons. The van der Waals surface area contributed by atoms with Crippen LogP contribution in [0.2, 0.25) is 18.1 Å². The standard InChI is InChI=1S/C32H60O7Si/c1-7-8-9-10-11-12-13-30-14-16-31(17-15-30)38-28-26-36-24-22-34-20-18-33-19-21-35-23-25-37-27-29-39-40(5,6)32(2,3)4/h14-17H,7-13,18-29H2,1-6H3. The summed E-state index contributed by atoms with van der Waals surface area (Å²) in [5.74, 6) is 0.895. The molecule has 0 aliphatic heterocycles. The van der Waals surface area contributed by atoms with E-state index in [-0.39, 0.29) is 5.04 Å². The van der Waals surface area contributed by atoms with Crippen molar-refractivity contribution < 1.29 is 32.8 Å². The first kappa shape index (κ1) is 37.0. The smallest absolute Gasteiger partial charge is 0.192 e. The van der Waals surface area contributed by atoms with Gasteiger partial charge in [0.15, 0.2) is 8.32 Å². The highest BCUT2D eigenvalue weighted by Gasteiger charge is 2.36. The summed E-state index contributed by atoms with van der Waals surface area (Å²) in [5.41, 5.74) is 1.39. The lowest BCUT2D eigenvalue weighted by molar-refractivity contribution is -0.0144. The number of aryl methyl sites for hydroxylation is 1. The first-order valence-electron chi connectivity index (χ1n) is 15.5. The van der Waals surface area contributed by atoms with Gasteiger partial charge in [0.1, 0.15) is 12.4 Å². The maximum absolute atomic E-state index is 6.08. The molecule has 0 aliphatic carbocycles. The Labute approximate surface area is 246 Å². The minimum atomic E-state index is -1.69. The van der Waals surface area contributed by atoms with Crippen molar-refractivity contribution >= 4 is 8.32 Å². The van der Waals surface area contributed by atoms with Crippen LogP contribution in [0.25, 0.3) is 0 Å². The van der Waals surface area contributed by atoms with Gasteiger partial charge in [-0.15, -0.1) is 0 Å². The topological polar surface area (TPSA) is 64.6 Å². The van der Waals surface area contributed by atoms with E-state index in [4.69, 9.17) is 32.8 Å². The van der Waals surface area contributed by atoms with E-state index in [1.807, 2.05) is 0 Å². The van der Waals surface area contributed by atoms with Crippen molar-refractivity contribution in [2.45, 2.75) is 90.8 Å². The van der Waals surface area contributed by atoms with Crippen molar-refractivity contribution in [3.05, 3.63) is 29.8 Å². The number of rotatable bonds is 27. The van der Waals surface area contributed by atoms with E-state index in [1.165, 1.54) is 44.1 Å². The second kappa shape index (κ2) is 23.5. The Morgan fingerprint density at radius 1 is 0.550 bits per heavy atom. The Kier molecular flexibility index (Phi) is 21.8. The zero-order valence-electron chi connectivity index (χ0n) is 26.6. The third-order valence-electron chi connectivity index (χ3n) is 7.22. The van der Waals surface area contributed by atoms with Crippen molar-refractivity contribution in [1.82, 2.24) is 0 Å². The van der Waals surface area contributed by atoms with Gasteiger partial charge in [-0.25, -0.2) is 0 Å². The molecule has 0 unspecified atom stereocenters. The highest BCUT2D eigenvalue weighted by Crippen LogP contribution is 2.36. The molecule has 0 saturated carbocycles. The summed E-state index contributed by atoms with van der Waals surface area (Å²) in [4.78, 5) is 0.